The summed E-state index contributed by atoms with van der Waals surface area (Å²) in [5.74, 6) is -0.611. The van der Waals surface area contributed by atoms with Crippen molar-refractivity contribution in [2.75, 3.05) is 62.7 Å². The highest BCUT2D eigenvalue weighted by molar-refractivity contribution is 6.01. The van der Waals surface area contributed by atoms with Crippen LogP contribution < -0.4 is 10.2 Å². The SMILES string of the molecule is CC(C)N1CCCN(C(=O)c2cc(NCc3cc(F)cc(F)c3)c3nc(N4CCOCC4)cnc3c2)CC1. The number of aromatic nitrogens is 2. The van der Waals surface area contributed by atoms with Gasteiger partial charge in [0.2, 0.25) is 0 Å². The largest absolute Gasteiger partial charge is 0.379 e. The second kappa shape index (κ2) is 11.6. The number of benzene rings is 2. The fourth-order valence-electron chi connectivity index (χ4n) is 5.06. The zero-order valence-corrected chi connectivity index (χ0v) is 21.9. The number of hydrogen-bond donors (Lipinski definition) is 1. The van der Waals surface area contributed by atoms with Gasteiger partial charge in [0, 0.05) is 63.5 Å². The predicted molar refractivity (Wildman–Crippen MR) is 143 cm³/mol. The minimum absolute atomic E-state index is 0.0589. The van der Waals surface area contributed by atoms with E-state index in [1.165, 1.54) is 12.1 Å². The molecule has 0 saturated carbocycles. The molecule has 3 aromatic rings. The quantitative estimate of drug-likeness (QED) is 0.524. The van der Waals surface area contributed by atoms with Crippen LogP contribution >= 0.6 is 0 Å². The topological polar surface area (TPSA) is 73.8 Å². The maximum atomic E-state index is 13.8. The monoisotopic (exact) mass is 524 g/mol. The van der Waals surface area contributed by atoms with Gasteiger partial charge in [-0.05, 0) is 50.1 Å². The van der Waals surface area contributed by atoms with Crippen LogP contribution in [0.2, 0.25) is 0 Å². The lowest BCUT2D eigenvalue weighted by atomic mass is 10.1. The summed E-state index contributed by atoms with van der Waals surface area (Å²) in [5, 5.41) is 3.26. The Morgan fingerprint density at radius 3 is 2.50 bits per heavy atom. The number of nitrogens with one attached hydrogen (secondary N) is 1. The van der Waals surface area contributed by atoms with E-state index in [0.29, 0.717) is 73.3 Å². The predicted octanol–water partition coefficient (Wildman–Crippen LogP) is 3.91. The van der Waals surface area contributed by atoms with Crippen molar-refractivity contribution in [3.05, 3.63) is 59.3 Å². The summed E-state index contributed by atoms with van der Waals surface area (Å²) in [4.78, 5) is 29.5. The fraction of sp³-hybridized carbons (Fsp3) is 0.464. The first-order valence-corrected chi connectivity index (χ1v) is 13.2. The third-order valence-corrected chi connectivity index (χ3v) is 7.17. The molecule has 2 saturated heterocycles. The van der Waals surface area contributed by atoms with Gasteiger partial charge in [0.1, 0.15) is 23.0 Å². The molecule has 2 aliphatic rings. The van der Waals surface area contributed by atoms with Crippen molar-refractivity contribution in [2.24, 2.45) is 0 Å². The Hall–Kier alpha value is -3.37. The van der Waals surface area contributed by atoms with Crippen molar-refractivity contribution < 1.29 is 18.3 Å². The third kappa shape index (κ3) is 6.02. The standard InChI is InChI=1S/C28H34F2N6O2/c1-19(2)34-4-3-5-36(7-6-34)28(37)21-14-24(31-17-20-12-22(29)16-23(30)13-20)27-25(15-21)32-18-26(33-27)35-8-10-38-11-9-35/h12-16,18-19,31H,3-11,17H2,1-2H3. The number of amides is 1. The number of hydrogen-bond acceptors (Lipinski definition) is 7. The van der Waals surface area contributed by atoms with E-state index in [1.807, 2.05) is 4.90 Å². The van der Waals surface area contributed by atoms with Gasteiger partial charge in [-0.25, -0.2) is 13.8 Å². The smallest absolute Gasteiger partial charge is 0.254 e. The summed E-state index contributed by atoms with van der Waals surface area (Å²) in [7, 11) is 0. The molecule has 0 radical (unpaired) electrons. The van der Waals surface area contributed by atoms with Crippen LogP contribution in [-0.4, -0.2) is 84.2 Å². The normalized spacial score (nSPS) is 17.2. The lowest BCUT2D eigenvalue weighted by molar-refractivity contribution is 0.0759. The van der Waals surface area contributed by atoms with Crippen LogP contribution in [0.1, 0.15) is 36.2 Å². The van der Waals surface area contributed by atoms with Crippen LogP contribution in [0.5, 0.6) is 0 Å². The number of carbonyl (C=O) groups is 1. The molecule has 202 valence electrons. The first-order chi connectivity index (χ1) is 18.4. The molecule has 1 N–H and O–H groups in total. The lowest BCUT2D eigenvalue weighted by Gasteiger charge is -2.28. The van der Waals surface area contributed by atoms with Gasteiger partial charge in [-0.2, -0.15) is 0 Å². The average Bonchev–Trinajstić information content (AvgIpc) is 3.17. The molecule has 1 amide bonds. The van der Waals surface area contributed by atoms with Crippen LogP contribution in [0, 0.1) is 11.6 Å². The van der Waals surface area contributed by atoms with Gasteiger partial charge < -0.3 is 19.9 Å². The van der Waals surface area contributed by atoms with E-state index in [9.17, 15) is 13.6 Å². The number of rotatable bonds is 6. The highest BCUT2D eigenvalue weighted by Crippen LogP contribution is 2.27. The summed E-state index contributed by atoms with van der Waals surface area (Å²) in [6.45, 7) is 10.3. The molecule has 0 unspecified atom stereocenters. The number of morpholine rings is 1. The van der Waals surface area contributed by atoms with Crippen LogP contribution in [-0.2, 0) is 11.3 Å². The molecule has 0 spiro atoms. The van der Waals surface area contributed by atoms with Crippen molar-refractivity contribution in [2.45, 2.75) is 32.9 Å². The minimum atomic E-state index is -0.637. The molecule has 2 fully saturated rings. The van der Waals surface area contributed by atoms with E-state index in [0.717, 1.165) is 31.4 Å². The molecule has 0 aliphatic carbocycles. The molecular weight excluding hydrogens is 490 g/mol. The van der Waals surface area contributed by atoms with Crippen molar-refractivity contribution in [3.63, 3.8) is 0 Å². The maximum Gasteiger partial charge on any atom is 0.254 e. The Bertz CT molecular complexity index is 1280. The summed E-state index contributed by atoms with van der Waals surface area (Å²) in [6.07, 6.45) is 2.64. The van der Waals surface area contributed by atoms with Gasteiger partial charge >= 0.3 is 0 Å². The number of ether oxygens (including phenoxy) is 1. The minimum Gasteiger partial charge on any atom is -0.379 e. The summed E-state index contributed by atoms with van der Waals surface area (Å²) in [6, 6.07) is 7.42. The third-order valence-electron chi connectivity index (χ3n) is 7.17. The molecule has 2 aromatic carbocycles. The summed E-state index contributed by atoms with van der Waals surface area (Å²) >= 11 is 0. The van der Waals surface area contributed by atoms with Crippen LogP contribution in [0.3, 0.4) is 0 Å². The second-order valence-electron chi connectivity index (χ2n) is 10.1. The van der Waals surface area contributed by atoms with E-state index in [4.69, 9.17) is 9.72 Å². The molecule has 10 heteroatoms. The second-order valence-corrected chi connectivity index (χ2v) is 10.1. The molecule has 5 rings (SSSR count). The van der Waals surface area contributed by atoms with E-state index in [-0.39, 0.29) is 12.5 Å². The fourth-order valence-corrected chi connectivity index (χ4v) is 5.06. The molecule has 38 heavy (non-hydrogen) atoms. The van der Waals surface area contributed by atoms with Gasteiger partial charge in [-0.1, -0.05) is 0 Å². The number of anilines is 2. The van der Waals surface area contributed by atoms with Crippen LogP contribution in [0.15, 0.2) is 36.5 Å². The Kier molecular flexibility index (Phi) is 7.99. The van der Waals surface area contributed by atoms with Gasteiger partial charge in [0.05, 0.1) is 30.6 Å². The van der Waals surface area contributed by atoms with E-state index in [1.54, 1.807) is 18.3 Å². The number of carbonyl (C=O) groups excluding carboxylic acids is 1. The molecular formula is C28H34F2N6O2. The summed E-state index contributed by atoms with van der Waals surface area (Å²) in [5.41, 5.74) is 2.74. The highest BCUT2D eigenvalue weighted by Gasteiger charge is 2.23. The zero-order valence-electron chi connectivity index (χ0n) is 21.9. The molecule has 0 atom stereocenters. The van der Waals surface area contributed by atoms with E-state index >= 15 is 0 Å². The first kappa shape index (κ1) is 26.2. The number of fused-ring (bicyclic) bond motifs is 1. The summed E-state index contributed by atoms with van der Waals surface area (Å²) < 4.78 is 33.0. The molecule has 8 nitrogen and oxygen atoms in total. The molecule has 3 heterocycles. The Balaban J connectivity index is 1.47. The van der Waals surface area contributed by atoms with E-state index in [2.05, 4.69) is 33.9 Å². The van der Waals surface area contributed by atoms with Crippen molar-refractivity contribution in [1.82, 2.24) is 19.8 Å². The molecule has 2 aliphatic heterocycles. The highest BCUT2D eigenvalue weighted by atomic mass is 19.1. The number of halogens is 2. The van der Waals surface area contributed by atoms with Crippen LogP contribution in [0.4, 0.5) is 20.3 Å². The molecule has 0 bridgehead atoms. The Morgan fingerprint density at radius 2 is 1.76 bits per heavy atom. The van der Waals surface area contributed by atoms with Gasteiger partial charge in [0.25, 0.3) is 5.91 Å². The Labute approximate surface area is 221 Å². The van der Waals surface area contributed by atoms with Crippen molar-refractivity contribution in [3.8, 4) is 0 Å². The maximum absolute atomic E-state index is 13.8. The first-order valence-electron chi connectivity index (χ1n) is 13.2. The van der Waals surface area contributed by atoms with Crippen LogP contribution in [0.25, 0.3) is 11.0 Å². The zero-order chi connectivity index (χ0) is 26.6. The van der Waals surface area contributed by atoms with Crippen molar-refractivity contribution in [1.29, 1.82) is 0 Å². The van der Waals surface area contributed by atoms with Gasteiger partial charge in [-0.3, -0.25) is 14.7 Å². The van der Waals surface area contributed by atoms with Crippen molar-refractivity contribution >= 4 is 28.4 Å². The van der Waals surface area contributed by atoms with E-state index < -0.39 is 11.6 Å². The lowest BCUT2D eigenvalue weighted by Crippen LogP contribution is -2.37. The Morgan fingerprint density at radius 1 is 1.00 bits per heavy atom. The molecule has 1 aromatic heterocycles. The van der Waals surface area contributed by atoms with Gasteiger partial charge in [0.15, 0.2) is 0 Å². The van der Waals surface area contributed by atoms with Gasteiger partial charge in [-0.15, -0.1) is 0 Å². The number of nitrogens with zero attached hydrogens (tertiary/aromatic N) is 5. The average molecular weight is 525 g/mol.